The van der Waals surface area contributed by atoms with E-state index < -0.39 is 0 Å². The van der Waals surface area contributed by atoms with Gasteiger partial charge in [0.05, 0.1) is 10.7 Å². The summed E-state index contributed by atoms with van der Waals surface area (Å²) in [5.41, 5.74) is 0.828. The summed E-state index contributed by atoms with van der Waals surface area (Å²) in [5.74, 6) is 3.14. The Bertz CT molecular complexity index is 911. The maximum atomic E-state index is 6.24. The Morgan fingerprint density at radius 2 is 1.63 bits per heavy atom. The SMILES string of the molecule is Cc1nc(Nc2ccccc2Cl)cc(N2CCN(c3ncccn3)CC2)n1. The molecule has 1 aromatic carbocycles. The molecule has 2 aromatic heterocycles. The van der Waals surface area contributed by atoms with E-state index in [1.54, 1.807) is 12.4 Å². The molecule has 138 valence electrons. The van der Waals surface area contributed by atoms with Crippen molar-refractivity contribution in [1.82, 2.24) is 19.9 Å². The van der Waals surface area contributed by atoms with Gasteiger partial charge in [0, 0.05) is 44.6 Å². The van der Waals surface area contributed by atoms with Crippen LogP contribution in [0.5, 0.6) is 0 Å². The van der Waals surface area contributed by atoms with E-state index in [1.807, 2.05) is 43.3 Å². The summed E-state index contributed by atoms with van der Waals surface area (Å²) in [4.78, 5) is 22.2. The second kappa shape index (κ2) is 7.75. The van der Waals surface area contributed by atoms with Crippen LogP contribution in [-0.2, 0) is 0 Å². The molecule has 1 saturated heterocycles. The highest BCUT2D eigenvalue weighted by Crippen LogP contribution is 2.26. The molecule has 0 atom stereocenters. The molecule has 0 amide bonds. The average molecular weight is 382 g/mol. The monoisotopic (exact) mass is 381 g/mol. The first kappa shape index (κ1) is 17.5. The fourth-order valence-corrected chi connectivity index (χ4v) is 3.25. The van der Waals surface area contributed by atoms with Crippen molar-refractivity contribution in [1.29, 1.82) is 0 Å². The van der Waals surface area contributed by atoms with Crippen LogP contribution in [0.15, 0.2) is 48.8 Å². The predicted octanol–water partition coefficient (Wildman–Crippen LogP) is 3.30. The van der Waals surface area contributed by atoms with E-state index >= 15 is 0 Å². The quantitative estimate of drug-likeness (QED) is 0.743. The number of rotatable bonds is 4. The van der Waals surface area contributed by atoms with Gasteiger partial charge in [0.25, 0.3) is 0 Å². The lowest BCUT2D eigenvalue weighted by molar-refractivity contribution is 0.633. The van der Waals surface area contributed by atoms with Crippen molar-refractivity contribution in [3.63, 3.8) is 0 Å². The molecular formula is C19H20ClN7. The highest BCUT2D eigenvalue weighted by Gasteiger charge is 2.20. The molecule has 0 unspecified atom stereocenters. The van der Waals surface area contributed by atoms with Gasteiger partial charge in [-0.05, 0) is 25.1 Å². The van der Waals surface area contributed by atoms with Gasteiger partial charge < -0.3 is 15.1 Å². The number of aryl methyl sites for hydroxylation is 1. The molecule has 0 radical (unpaired) electrons. The molecule has 1 fully saturated rings. The molecule has 0 aliphatic carbocycles. The molecule has 7 nitrogen and oxygen atoms in total. The van der Waals surface area contributed by atoms with Crippen molar-refractivity contribution in [2.45, 2.75) is 6.92 Å². The van der Waals surface area contributed by atoms with Crippen molar-refractivity contribution in [3.05, 3.63) is 59.6 Å². The summed E-state index contributed by atoms with van der Waals surface area (Å²) >= 11 is 6.24. The van der Waals surface area contributed by atoms with Gasteiger partial charge >= 0.3 is 0 Å². The number of hydrogen-bond donors (Lipinski definition) is 1. The van der Waals surface area contributed by atoms with E-state index in [0.29, 0.717) is 5.02 Å². The smallest absolute Gasteiger partial charge is 0.225 e. The Kier molecular flexibility index (Phi) is 5.02. The number of anilines is 4. The van der Waals surface area contributed by atoms with Crippen molar-refractivity contribution in [2.24, 2.45) is 0 Å². The lowest BCUT2D eigenvalue weighted by Gasteiger charge is -2.35. The van der Waals surface area contributed by atoms with E-state index in [1.165, 1.54) is 0 Å². The van der Waals surface area contributed by atoms with Gasteiger partial charge in [0.15, 0.2) is 0 Å². The molecule has 3 aromatic rings. The number of aromatic nitrogens is 4. The molecule has 1 aliphatic rings. The standard InChI is InChI=1S/C19H20ClN7/c1-14-23-17(25-16-6-3-2-5-15(16)20)13-18(24-14)26-9-11-27(12-10-26)19-21-7-4-8-22-19/h2-8,13H,9-12H2,1H3,(H,23,24,25). The number of piperazine rings is 1. The highest BCUT2D eigenvalue weighted by molar-refractivity contribution is 6.33. The van der Waals surface area contributed by atoms with Gasteiger partial charge in [-0.25, -0.2) is 19.9 Å². The summed E-state index contributed by atoms with van der Waals surface area (Å²) in [5, 5.41) is 3.95. The van der Waals surface area contributed by atoms with Gasteiger partial charge in [-0.15, -0.1) is 0 Å². The van der Waals surface area contributed by atoms with Crippen LogP contribution in [0, 0.1) is 6.92 Å². The molecule has 3 heterocycles. The zero-order valence-corrected chi connectivity index (χ0v) is 15.8. The maximum Gasteiger partial charge on any atom is 0.225 e. The average Bonchev–Trinajstić information content (AvgIpc) is 2.70. The largest absolute Gasteiger partial charge is 0.353 e. The molecule has 1 N–H and O–H groups in total. The second-order valence-corrected chi connectivity index (χ2v) is 6.69. The van der Waals surface area contributed by atoms with Crippen LogP contribution < -0.4 is 15.1 Å². The van der Waals surface area contributed by atoms with E-state index in [2.05, 4.69) is 35.1 Å². The summed E-state index contributed by atoms with van der Waals surface area (Å²) in [6, 6.07) is 11.4. The first-order chi connectivity index (χ1) is 13.2. The fourth-order valence-electron chi connectivity index (χ4n) is 3.07. The minimum Gasteiger partial charge on any atom is -0.353 e. The highest BCUT2D eigenvalue weighted by atomic mass is 35.5. The van der Waals surface area contributed by atoms with Gasteiger partial charge in [-0.1, -0.05) is 23.7 Å². The van der Waals surface area contributed by atoms with Gasteiger partial charge in [0.2, 0.25) is 5.95 Å². The van der Waals surface area contributed by atoms with Crippen molar-refractivity contribution in [2.75, 3.05) is 41.3 Å². The molecule has 27 heavy (non-hydrogen) atoms. The molecule has 0 spiro atoms. The third-order valence-corrected chi connectivity index (χ3v) is 4.73. The van der Waals surface area contributed by atoms with Gasteiger partial charge in [0.1, 0.15) is 17.5 Å². The fraction of sp³-hybridized carbons (Fsp3) is 0.263. The summed E-state index contributed by atoms with van der Waals surface area (Å²) < 4.78 is 0. The molecule has 0 saturated carbocycles. The van der Waals surface area contributed by atoms with Crippen LogP contribution in [-0.4, -0.2) is 46.1 Å². The number of nitrogens with zero attached hydrogens (tertiary/aromatic N) is 6. The van der Waals surface area contributed by atoms with E-state index in [4.69, 9.17) is 11.6 Å². The lowest BCUT2D eigenvalue weighted by atomic mass is 10.3. The van der Waals surface area contributed by atoms with Crippen LogP contribution in [0.4, 0.5) is 23.3 Å². The van der Waals surface area contributed by atoms with Gasteiger partial charge in [-0.3, -0.25) is 0 Å². The third-order valence-electron chi connectivity index (χ3n) is 4.40. The van der Waals surface area contributed by atoms with E-state index in [0.717, 1.165) is 55.3 Å². The Labute approximate surface area is 163 Å². The summed E-state index contributed by atoms with van der Waals surface area (Å²) in [6.45, 7) is 5.29. The minimum atomic E-state index is 0.659. The Hall–Kier alpha value is -2.93. The van der Waals surface area contributed by atoms with Crippen LogP contribution >= 0.6 is 11.6 Å². The summed E-state index contributed by atoms with van der Waals surface area (Å²) in [6.07, 6.45) is 3.55. The number of para-hydroxylation sites is 1. The normalized spacial score (nSPS) is 14.3. The van der Waals surface area contributed by atoms with Gasteiger partial charge in [-0.2, -0.15) is 0 Å². The Morgan fingerprint density at radius 3 is 2.37 bits per heavy atom. The number of hydrogen-bond acceptors (Lipinski definition) is 7. The van der Waals surface area contributed by atoms with Crippen LogP contribution in [0.2, 0.25) is 5.02 Å². The van der Waals surface area contributed by atoms with Crippen LogP contribution in [0.25, 0.3) is 0 Å². The molecule has 8 heteroatoms. The topological polar surface area (TPSA) is 70.1 Å². The van der Waals surface area contributed by atoms with E-state index in [-0.39, 0.29) is 0 Å². The predicted molar refractivity (Wildman–Crippen MR) is 108 cm³/mol. The third kappa shape index (κ3) is 4.09. The molecule has 1 aliphatic heterocycles. The maximum absolute atomic E-state index is 6.24. The van der Waals surface area contributed by atoms with Crippen molar-refractivity contribution < 1.29 is 0 Å². The first-order valence-corrected chi connectivity index (χ1v) is 9.21. The second-order valence-electron chi connectivity index (χ2n) is 6.29. The van der Waals surface area contributed by atoms with Crippen LogP contribution in [0.1, 0.15) is 5.82 Å². The zero-order chi connectivity index (χ0) is 18.6. The molecule has 4 rings (SSSR count). The minimum absolute atomic E-state index is 0.659. The number of benzene rings is 1. The number of halogens is 1. The molecule has 0 bridgehead atoms. The lowest BCUT2D eigenvalue weighted by Crippen LogP contribution is -2.47. The Morgan fingerprint density at radius 1 is 0.926 bits per heavy atom. The number of nitrogens with one attached hydrogen (secondary N) is 1. The van der Waals surface area contributed by atoms with Crippen LogP contribution in [0.3, 0.4) is 0 Å². The van der Waals surface area contributed by atoms with Crippen molar-refractivity contribution in [3.8, 4) is 0 Å². The first-order valence-electron chi connectivity index (χ1n) is 8.83. The van der Waals surface area contributed by atoms with E-state index in [9.17, 15) is 0 Å². The summed E-state index contributed by atoms with van der Waals surface area (Å²) in [7, 11) is 0. The van der Waals surface area contributed by atoms with Crippen molar-refractivity contribution >= 4 is 34.9 Å². The Balaban J connectivity index is 1.48. The zero-order valence-electron chi connectivity index (χ0n) is 15.0. The molecular weight excluding hydrogens is 362 g/mol.